The fraction of sp³-hybridized carbons (Fsp3) is 0.231. The van der Waals surface area contributed by atoms with E-state index in [9.17, 15) is 4.79 Å². The Bertz CT molecular complexity index is 775. The zero-order valence-corrected chi connectivity index (χ0v) is 10.3. The van der Waals surface area contributed by atoms with Gasteiger partial charge >= 0.3 is 0 Å². The number of hydrogen-bond donors (Lipinski definition) is 1. The number of benzene rings is 1. The van der Waals surface area contributed by atoms with Gasteiger partial charge in [-0.15, -0.1) is 0 Å². The minimum absolute atomic E-state index is 0.166. The summed E-state index contributed by atoms with van der Waals surface area (Å²) in [6, 6.07) is 5.30. The second-order valence-corrected chi connectivity index (χ2v) is 3.89. The third kappa shape index (κ3) is 3.12. The highest BCUT2D eigenvalue weighted by molar-refractivity contribution is 5.79. The second-order valence-electron chi connectivity index (χ2n) is 3.89. The molecule has 2 rings (SSSR count). The zero-order valence-electron chi connectivity index (χ0n) is 10.3. The topological polar surface area (TPSA) is 94.5 Å². The van der Waals surface area contributed by atoms with Gasteiger partial charge in [-0.2, -0.15) is 0 Å². The van der Waals surface area contributed by atoms with Crippen molar-refractivity contribution in [3.05, 3.63) is 50.4 Å². The molecule has 6 heteroatoms. The van der Waals surface area contributed by atoms with E-state index in [0.29, 0.717) is 29.7 Å². The number of aromatic nitrogens is 2. The van der Waals surface area contributed by atoms with Crippen LogP contribution in [-0.4, -0.2) is 16.5 Å². The summed E-state index contributed by atoms with van der Waals surface area (Å²) in [5.41, 5.74) is 9.35. The van der Waals surface area contributed by atoms with Crippen LogP contribution in [0.4, 0.5) is 0 Å². The molecular weight excluding hydrogens is 242 g/mol. The molecule has 0 atom stereocenters. The maximum atomic E-state index is 11.8. The number of nitrogens with one attached hydrogen (secondary N) is 1. The van der Waals surface area contributed by atoms with Crippen molar-refractivity contribution in [3.8, 4) is 11.8 Å². The molecule has 0 saturated carbocycles. The third-order valence-electron chi connectivity index (χ3n) is 2.46. The van der Waals surface area contributed by atoms with Gasteiger partial charge in [0.1, 0.15) is 5.82 Å². The van der Waals surface area contributed by atoms with Crippen molar-refractivity contribution in [1.29, 1.82) is 0 Å². The van der Waals surface area contributed by atoms with Gasteiger partial charge in [-0.25, -0.2) is 4.98 Å². The Kier molecular flexibility index (Phi) is 3.81. The van der Waals surface area contributed by atoms with Gasteiger partial charge in [-0.3, -0.25) is 4.79 Å². The second kappa shape index (κ2) is 5.71. The molecule has 0 unspecified atom stereocenters. The maximum Gasteiger partial charge on any atom is 0.258 e. The van der Waals surface area contributed by atoms with Gasteiger partial charge in [0, 0.05) is 23.4 Å². The van der Waals surface area contributed by atoms with Crippen molar-refractivity contribution in [2.75, 3.05) is 6.54 Å². The van der Waals surface area contributed by atoms with Gasteiger partial charge in [0.05, 0.1) is 10.9 Å². The minimum atomic E-state index is -0.166. The fourth-order valence-corrected chi connectivity index (χ4v) is 1.65. The van der Waals surface area contributed by atoms with Crippen molar-refractivity contribution in [2.24, 2.45) is 5.11 Å². The van der Waals surface area contributed by atoms with Crippen molar-refractivity contribution in [3.63, 3.8) is 0 Å². The third-order valence-corrected chi connectivity index (χ3v) is 2.46. The number of aromatic amines is 1. The van der Waals surface area contributed by atoms with Gasteiger partial charge in [-0.05, 0) is 30.7 Å². The molecule has 0 aliphatic carbocycles. The van der Waals surface area contributed by atoms with Crippen LogP contribution in [0.1, 0.15) is 17.8 Å². The first-order valence-electron chi connectivity index (χ1n) is 5.71. The number of H-pyrrole nitrogens is 1. The molecule has 0 amide bonds. The molecular formula is C13H11N5O. The molecule has 0 aliphatic rings. The molecule has 94 valence electrons. The van der Waals surface area contributed by atoms with Crippen LogP contribution in [-0.2, 0) is 0 Å². The van der Waals surface area contributed by atoms with Crippen LogP contribution in [0, 0.1) is 18.8 Å². The van der Waals surface area contributed by atoms with E-state index in [1.54, 1.807) is 19.1 Å². The molecule has 0 aliphatic heterocycles. The molecule has 6 nitrogen and oxygen atoms in total. The molecule has 0 saturated heterocycles. The number of rotatable bonds is 2. The van der Waals surface area contributed by atoms with Crippen molar-refractivity contribution >= 4 is 10.9 Å². The molecule has 2 aromatic rings. The average molecular weight is 253 g/mol. The lowest BCUT2D eigenvalue weighted by molar-refractivity contribution is 1.01. The van der Waals surface area contributed by atoms with E-state index in [-0.39, 0.29) is 5.56 Å². The van der Waals surface area contributed by atoms with Gasteiger partial charge in [0.25, 0.3) is 5.56 Å². The zero-order chi connectivity index (χ0) is 13.7. The molecule has 1 heterocycles. The summed E-state index contributed by atoms with van der Waals surface area (Å²) in [6.45, 7) is 2.09. The highest BCUT2D eigenvalue weighted by Crippen LogP contribution is 2.09. The van der Waals surface area contributed by atoms with Crippen molar-refractivity contribution in [2.45, 2.75) is 13.3 Å². The lowest BCUT2D eigenvalue weighted by atomic mass is 10.1. The molecule has 19 heavy (non-hydrogen) atoms. The Hall–Kier alpha value is -2.77. The fourth-order valence-electron chi connectivity index (χ4n) is 1.65. The minimum Gasteiger partial charge on any atom is -0.310 e. The van der Waals surface area contributed by atoms with Crippen LogP contribution in [0.25, 0.3) is 21.3 Å². The largest absolute Gasteiger partial charge is 0.310 e. The molecule has 0 fully saturated rings. The Labute approximate surface area is 109 Å². The normalized spacial score (nSPS) is 9.53. The number of hydrogen-bond acceptors (Lipinski definition) is 3. The summed E-state index contributed by atoms with van der Waals surface area (Å²) in [5, 5.41) is 3.91. The van der Waals surface area contributed by atoms with Crippen molar-refractivity contribution in [1.82, 2.24) is 9.97 Å². The van der Waals surface area contributed by atoms with E-state index >= 15 is 0 Å². The molecule has 1 aromatic heterocycles. The van der Waals surface area contributed by atoms with Crippen LogP contribution < -0.4 is 5.56 Å². The SMILES string of the molecule is Cc1nc2ccc(C#CCCN=[N+]=[N-])cc2c(=O)[nH]1. The Balaban J connectivity index is 2.31. The first-order valence-corrected chi connectivity index (χ1v) is 5.71. The van der Waals surface area contributed by atoms with E-state index in [2.05, 4.69) is 31.8 Å². The smallest absolute Gasteiger partial charge is 0.258 e. The number of fused-ring (bicyclic) bond motifs is 1. The van der Waals surface area contributed by atoms with Gasteiger partial charge in [0.2, 0.25) is 0 Å². The monoisotopic (exact) mass is 253 g/mol. The van der Waals surface area contributed by atoms with E-state index in [4.69, 9.17) is 5.53 Å². The lowest BCUT2D eigenvalue weighted by Gasteiger charge is -1.98. The van der Waals surface area contributed by atoms with Gasteiger partial charge in [-0.1, -0.05) is 17.0 Å². The maximum absolute atomic E-state index is 11.8. The summed E-state index contributed by atoms with van der Waals surface area (Å²) in [4.78, 5) is 21.3. The number of aryl methyl sites for hydroxylation is 1. The molecule has 1 N–H and O–H groups in total. The molecule has 0 spiro atoms. The summed E-state index contributed by atoms with van der Waals surface area (Å²) >= 11 is 0. The van der Waals surface area contributed by atoms with Crippen LogP contribution in [0.2, 0.25) is 0 Å². The highest BCUT2D eigenvalue weighted by atomic mass is 16.1. The van der Waals surface area contributed by atoms with E-state index < -0.39 is 0 Å². The Morgan fingerprint density at radius 2 is 2.37 bits per heavy atom. The van der Waals surface area contributed by atoms with Crippen molar-refractivity contribution < 1.29 is 0 Å². The van der Waals surface area contributed by atoms with Crippen LogP contribution in [0.5, 0.6) is 0 Å². The van der Waals surface area contributed by atoms with Crippen LogP contribution in [0.15, 0.2) is 28.1 Å². The van der Waals surface area contributed by atoms with E-state index in [1.807, 2.05) is 6.07 Å². The summed E-state index contributed by atoms with van der Waals surface area (Å²) < 4.78 is 0. The molecule has 1 aromatic carbocycles. The van der Waals surface area contributed by atoms with Gasteiger partial charge in [0.15, 0.2) is 0 Å². The summed E-state index contributed by atoms with van der Waals surface area (Å²) in [6.07, 6.45) is 0.491. The summed E-state index contributed by atoms with van der Waals surface area (Å²) in [7, 11) is 0. The Morgan fingerprint density at radius 1 is 1.53 bits per heavy atom. The van der Waals surface area contributed by atoms with Gasteiger partial charge < -0.3 is 4.98 Å². The molecule has 0 radical (unpaired) electrons. The highest BCUT2D eigenvalue weighted by Gasteiger charge is 2.01. The lowest BCUT2D eigenvalue weighted by Crippen LogP contribution is -2.09. The molecule has 0 bridgehead atoms. The van der Waals surface area contributed by atoms with E-state index in [0.717, 1.165) is 5.56 Å². The van der Waals surface area contributed by atoms with Crippen LogP contribution in [0.3, 0.4) is 0 Å². The summed E-state index contributed by atoms with van der Waals surface area (Å²) in [5.74, 6) is 6.40. The number of azide groups is 1. The van der Waals surface area contributed by atoms with Crippen LogP contribution >= 0.6 is 0 Å². The Morgan fingerprint density at radius 3 is 3.16 bits per heavy atom. The first kappa shape index (κ1) is 12.7. The number of nitrogens with zero attached hydrogens (tertiary/aromatic N) is 4. The predicted molar refractivity (Wildman–Crippen MR) is 72.6 cm³/mol. The first-order chi connectivity index (χ1) is 9.20. The quantitative estimate of drug-likeness (QED) is 0.292. The standard InChI is InChI=1S/C13H11N5O/c1-9-16-12-6-5-10(4-2-3-7-15-18-14)8-11(12)13(19)17-9/h5-6,8H,3,7H2,1H3,(H,16,17,19). The average Bonchev–Trinajstić information content (AvgIpc) is 2.39. The predicted octanol–water partition coefficient (Wildman–Crippen LogP) is 2.28. The van der Waals surface area contributed by atoms with E-state index in [1.165, 1.54) is 0 Å².